The van der Waals surface area contributed by atoms with E-state index in [1.54, 1.807) is 18.2 Å². The molecular formula is C20H19N3O4. The van der Waals surface area contributed by atoms with E-state index in [0.29, 0.717) is 29.6 Å². The molecule has 1 N–H and O–H groups in total. The van der Waals surface area contributed by atoms with Crippen molar-refractivity contribution in [2.45, 2.75) is 18.9 Å². The Morgan fingerprint density at radius 3 is 3.00 bits per heavy atom. The molecule has 1 fully saturated rings. The molecule has 0 bridgehead atoms. The van der Waals surface area contributed by atoms with Gasteiger partial charge in [0.25, 0.3) is 11.9 Å². The van der Waals surface area contributed by atoms with Crippen molar-refractivity contribution >= 4 is 23.0 Å². The van der Waals surface area contributed by atoms with E-state index in [1.165, 1.54) is 0 Å². The van der Waals surface area contributed by atoms with Gasteiger partial charge in [0.1, 0.15) is 5.52 Å². The minimum Gasteiger partial charge on any atom is -0.454 e. The molecule has 138 valence electrons. The van der Waals surface area contributed by atoms with Gasteiger partial charge in [0.05, 0.1) is 6.04 Å². The van der Waals surface area contributed by atoms with Crippen molar-refractivity contribution in [3.05, 3.63) is 48.0 Å². The molecule has 2 aliphatic rings. The predicted octanol–water partition coefficient (Wildman–Crippen LogP) is 2.96. The Balaban J connectivity index is 1.28. The number of nitrogens with zero attached hydrogens (tertiary/aromatic N) is 2. The van der Waals surface area contributed by atoms with Gasteiger partial charge in [0, 0.05) is 18.7 Å². The van der Waals surface area contributed by atoms with E-state index in [0.717, 1.165) is 30.5 Å². The second-order valence-corrected chi connectivity index (χ2v) is 6.73. The summed E-state index contributed by atoms with van der Waals surface area (Å²) in [6.07, 6.45) is 2.03. The molecule has 2 aromatic carbocycles. The number of rotatable bonds is 4. The molecule has 1 aromatic heterocycles. The average molecular weight is 365 g/mol. The molecule has 1 amide bonds. The summed E-state index contributed by atoms with van der Waals surface area (Å²) in [7, 11) is 0. The summed E-state index contributed by atoms with van der Waals surface area (Å²) in [6.45, 7) is 1.60. The number of para-hydroxylation sites is 2. The zero-order chi connectivity index (χ0) is 18.2. The second-order valence-electron chi connectivity index (χ2n) is 6.73. The molecule has 7 heteroatoms. The summed E-state index contributed by atoms with van der Waals surface area (Å²) in [5.41, 5.74) is 2.19. The first-order valence-corrected chi connectivity index (χ1v) is 9.08. The van der Waals surface area contributed by atoms with E-state index in [2.05, 4.69) is 15.2 Å². The molecule has 5 rings (SSSR count). The van der Waals surface area contributed by atoms with E-state index < -0.39 is 0 Å². The highest BCUT2D eigenvalue weighted by Crippen LogP contribution is 2.32. The van der Waals surface area contributed by atoms with Gasteiger partial charge in [-0.05, 0) is 43.2 Å². The molecule has 1 saturated heterocycles. The average Bonchev–Trinajstić information content (AvgIpc) is 3.43. The molecule has 27 heavy (non-hydrogen) atoms. The van der Waals surface area contributed by atoms with Crippen molar-refractivity contribution in [3.8, 4) is 11.5 Å². The van der Waals surface area contributed by atoms with Crippen LogP contribution in [0, 0.1) is 0 Å². The number of carbonyl (C=O) groups is 1. The fourth-order valence-corrected chi connectivity index (χ4v) is 3.63. The molecule has 1 atom stereocenters. The van der Waals surface area contributed by atoms with Crippen molar-refractivity contribution in [1.82, 2.24) is 10.3 Å². The first-order valence-electron chi connectivity index (χ1n) is 9.08. The van der Waals surface area contributed by atoms with Gasteiger partial charge in [-0.15, -0.1) is 0 Å². The predicted molar refractivity (Wildman–Crippen MR) is 99.3 cm³/mol. The van der Waals surface area contributed by atoms with Crippen LogP contribution in [0.25, 0.3) is 11.1 Å². The van der Waals surface area contributed by atoms with Crippen LogP contribution in [0.3, 0.4) is 0 Å². The normalized spacial score (nSPS) is 18.2. The van der Waals surface area contributed by atoms with Crippen molar-refractivity contribution < 1.29 is 18.7 Å². The minimum absolute atomic E-state index is 0.127. The number of ether oxygens (including phenoxy) is 2. The Kier molecular flexibility index (Phi) is 3.85. The van der Waals surface area contributed by atoms with E-state index >= 15 is 0 Å². The van der Waals surface area contributed by atoms with Crippen LogP contribution in [0.1, 0.15) is 23.2 Å². The van der Waals surface area contributed by atoms with Gasteiger partial charge in [0.2, 0.25) is 6.79 Å². The molecule has 0 saturated carbocycles. The monoisotopic (exact) mass is 365 g/mol. The van der Waals surface area contributed by atoms with Crippen LogP contribution in [0.4, 0.5) is 6.01 Å². The van der Waals surface area contributed by atoms with Crippen molar-refractivity contribution in [1.29, 1.82) is 0 Å². The molecule has 0 radical (unpaired) electrons. The van der Waals surface area contributed by atoms with Gasteiger partial charge in [-0.25, -0.2) is 0 Å². The lowest BCUT2D eigenvalue weighted by Crippen LogP contribution is -2.40. The summed E-state index contributed by atoms with van der Waals surface area (Å²) in [6, 6.07) is 13.7. The quantitative estimate of drug-likeness (QED) is 0.766. The second kappa shape index (κ2) is 6.50. The third kappa shape index (κ3) is 2.95. The van der Waals surface area contributed by atoms with Gasteiger partial charge >= 0.3 is 0 Å². The lowest BCUT2D eigenvalue weighted by molar-refractivity contribution is 0.0950. The Bertz CT molecular complexity index is 967. The molecule has 0 spiro atoms. The van der Waals surface area contributed by atoms with Crippen LogP contribution in [0.5, 0.6) is 11.5 Å². The molecule has 7 nitrogen and oxygen atoms in total. The van der Waals surface area contributed by atoms with Gasteiger partial charge in [-0.1, -0.05) is 12.1 Å². The van der Waals surface area contributed by atoms with E-state index in [-0.39, 0.29) is 18.7 Å². The maximum atomic E-state index is 12.5. The number of amides is 1. The maximum absolute atomic E-state index is 12.5. The summed E-state index contributed by atoms with van der Waals surface area (Å²) in [5, 5.41) is 3.02. The fraction of sp³-hybridized carbons (Fsp3) is 0.300. The van der Waals surface area contributed by atoms with E-state index in [4.69, 9.17) is 13.9 Å². The Morgan fingerprint density at radius 2 is 2.07 bits per heavy atom. The summed E-state index contributed by atoms with van der Waals surface area (Å²) >= 11 is 0. The Morgan fingerprint density at radius 1 is 1.19 bits per heavy atom. The number of anilines is 1. The van der Waals surface area contributed by atoms with E-state index in [9.17, 15) is 4.79 Å². The van der Waals surface area contributed by atoms with Crippen molar-refractivity contribution in [3.63, 3.8) is 0 Å². The third-order valence-electron chi connectivity index (χ3n) is 5.04. The maximum Gasteiger partial charge on any atom is 0.298 e. The number of oxazole rings is 1. The van der Waals surface area contributed by atoms with Gasteiger partial charge in [-0.2, -0.15) is 4.98 Å². The Hall–Kier alpha value is -3.22. The van der Waals surface area contributed by atoms with Crippen LogP contribution < -0.4 is 19.7 Å². The van der Waals surface area contributed by atoms with Crippen LogP contribution in [0.2, 0.25) is 0 Å². The van der Waals surface area contributed by atoms with Gasteiger partial charge in [-0.3, -0.25) is 4.79 Å². The topological polar surface area (TPSA) is 76.8 Å². The minimum atomic E-state index is -0.127. The lowest BCUT2D eigenvalue weighted by Gasteiger charge is -2.23. The largest absolute Gasteiger partial charge is 0.454 e. The molecule has 3 aromatic rings. The third-order valence-corrected chi connectivity index (χ3v) is 5.04. The summed E-state index contributed by atoms with van der Waals surface area (Å²) in [4.78, 5) is 19.2. The molecule has 1 unspecified atom stereocenters. The zero-order valence-electron chi connectivity index (χ0n) is 14.7. The van der Waals surface area contributed by atoms with Crippen LogP contribution >= 0.6 is 0 Å². The number of aromatic nitrogens is 1. The Labute approximate surface area is 155 Å². The van der Waals surface area contributed by atoms with Gasteiger partial charge < -0.3 is 24.1 Å². The smallest absolute Gasteiger partial charge is 0.298 e. The number of fused-ring (bicyclic) bond motifs is 2. The number of benzene rings is 2. The highest BCUT2D eigenvalue weighted by Gasteiger charge is 2.29. The molecular weight excluding hydrogens is 346 g/mol. The van der Waals surface area contributed by atoms with Crippen LogP contribution in [-0.2, 0) is 0 Å². The first kappa shape index (κ1) is 16.0. The van der Waals surface area contributed by atoms with Crippen LogP contribution in [0.15, 0.2) is 46.9 Å². The molecule has 2 aliphatic heterocycles. The highest BCUT2D eigenvalue weighted by atomic mass is 16.7. The SMILES string of the molecule is O=C(NCC1CCCN1c1nc2ccccc2o1)c1ccc2c(c1)OCO2. The zero-order valence-corrected chi connectivity index (χ0v) is 14.7. The summed E-state index contributed by atoms with van der Waals surface area (Å²) in [5.74, 6) is 1.15. The fourth-order valence-electron chi connectivity index (χ4n) is 3.63. The van der Waals surface area contributed by atoms with Gasteiger partial charge in [0.15, 0.2) is 17.1 Å². The number of hydrogen-bond donors (Lipinski definition) is 1. The number of hydrogen-bond acceptors (Lipinski definition) is 6. The first-order chi connectivity index (χ1) is 13.3. The van der Waals surface area contributed by atoms with E-state index in [1.807, 2.05) is 24.3 Å². The molecule has 0 aliphatic carbocycles. The molecule has 3 heterocycles. The van der Waals surface area contributed by atoms with Crippen molar-refractivity contribution in [2.75, 3.05) is 24.8 Å². The highest BCUT2D eigenvalue weighted by molar-refractivity contribution is 5.95. The summed E-state index contributed by atoms with van der Waals surface area (Å²) < 4.78 is 16.5. The van der Waals surface area contributed by atoms with Crippen LogP contribution in [-0.4, -0.2) is 36.8 Å². The number of nitrogens with one attached hydrogen (secondary N) is 1. The standard InChI is InChI=1S/C20H19N3O4/c24-19(13-7-8-17-18(10-13)26-12-25-17)21-11-14-4-3-9-23(14)20-22-15-5-1-2-6-16(15)27-20/h1-2,5-8,10,14H,3-4,9,11-12H2,(H,21,24). The number of carbonyl (C=O) groups excluding carboxylic acids is 1. The lowest BCUT2D eigenvalue weighted by atomic mass is 10.1. The van der Waals surface area contributed by atoms with Crippen molar-refractivity contribution in [2.24, 2.45) is 0 Å².